The SMILES string of the molecule is [Ca+2].[Cd].[Cu].[H-].[H-].[H-].[H-].[Mg+2]. The Hall–Kier alpha value is 3.47. The Bertz CT molecular complexity index is 16.0. The van der Waals surface area contributed by atoms with E-state index in [1.165, 1.54) is 0 Å². The Kier molecular flexibility index (Phi) is 104. The van der Waals surface area contributed by atoms with Gasteiger partial charge in [-0.2, -0.15) is 0 Å². The molecule has 0 spiro atoms. The first-order valence-corrected chi connectivity index (χ1v) is 0. The standard InChI is InChI=1S/Ca.Cd.Cu.Mg.4H/q+2;;;+2;4*-1. The second kappa shape index (κ2) is 16.1. The molecule has 0 unspecified atom stereocenters. The zero-order valence-electron chi connectivity index (χ0n) is 6.42. The van der Waals surface area contributed by atoms with Gasteiger partial charge in [-0.1, -0.05) is 0 Å². The van der Waals surface area contributed by atoms with E-state index in [9.17, 15) is 0 Å². The Morgan fingerprint density at radius 2 is 1.25 bits per heavy atom. The van der Waals surface area contributed by atoms with E-state index >= 15 is 0 Å². The van der Waals surface area contributed by atoms with Gasteiger partial charge in [0.1, 0.15) is 0 Å². The van der Waals surface area contributed by atoms with E-state index in [1.807, 2.05) is 0 Å². The van der Waals surface area contributed by atoms with Crippen molar-refractivity contribution in [2.75, 3.05) is 0 Å². The van der Waals surface area contributed by atoms with Crippen LogP contribution >= 0.6 is 0 Å². The number of rotatable bonds is 0. The van der Waals surface area contributed by atoms with Gasteiger partial charge in [0.05, 0.1) is 0 Å². The minimum Gasteiger partial charge on any atom is -1.00 e. The van der Waals surface area contributed by atoms with Crippen LogP contribution in [0.2, 0.25) is 0 Å². The van der Waals surface area contributed by atoms with Gasteiger partial charge >= 0.3 is 60.8 Å². The van der Waals surface area contributed by atoms with Crippen molar-refractivity contribution < 1.29 is 50.1 Å². The monoisotopic (exact) mass is 245 g/mol. The van der Waals surface area contributed by atoms with Gasteiger partial charge in [0.15, 0.2) is 0 Å². The number of hydrogen-bond donors (Lipinski definition) is 0. The minimum absolute atomic E-state index is 0. The molecule has 0 amide bonds. The maximum absolute atomic E-state index is 0. The van der Waals surface area contributed by atoms with Crippen molar-refractivity contribution in [1.82, 2.24) is 0 Å². The first-order chi connectivity index (χ1) is 0. The topological polar surface area (TPSA) is 0 Å². The average molecular weight is 244 g/mol. The van der Waals surface area contributed by atoms with Gasteiger partial charge in [-0.3, -0.25) is 0 Å². The first-order valence-electron chi connectivity index (χ1n) is 0. The molecule has 0 saturated carbocycles. The molecule has 21 valence electrons. The molecule has 4 heteroatoms. The summed E-state index contributed by atoms with van der Waals surface area (Å²) in [7, 11) is 0. The molecule has 1 radical (unpaired) electrons. The molecule has 0 atom stereocenters. The molecule has 0 aromatic rings. The molecule has 0 rings (SSSR count). The fourth-order valence-corrected chi connectivity index (χ4v) is 0. The summed E-state index contributed by atoms with van der Waals surface area (Å²) in [4.78, 5) is 0. The van der Waals surface area contributed by atoms with Gasteiger partial charge < -0.3 is 5.71 Å². The predicted octanol–water partition coefficient (Wildman–Crippen LogP) is -0.317. The van der Waals surface area contributed by atoms with E-state index < -0.39 is 0 Å². The molecule has 0 heterocycles. The zero-order valence-corrected chi connectivity index (χ0v) is 11.0. The largest absolute Gasteiger partial charge is 2.00 e. The van der Waals surface area contributed by atoms with Crippen LogP contribution in [0.4, 0.5) is 0 Å². The van der Waals surface area contributed by atoms with E-state index in [0.717, 1.165) is 0 Å². The number of hydrogen-bond acceptors (Lipinski definition) is 0. The summed E-state index contributed by atoms with van der Waals surface area (Å²) in [6.45, 7) is 0. The second-order valence-corrected chi connectivity index (χ2v) is 0. The summed E-state index contributed by atoms with van der Waals surface area (Å²) in [5, 5.41) is 0. The zero-order chi connectivity index (χ0) is 0. The molecule has 0 aromatic carbocycles. The molecule has 0 nitrogen and oxygen atoms in total. The van der Waals surface area contributed by atoms with Gasteiger partial charge in [0.25, 0.3) is 0 Å². The van der Waals surface area contributed by atoms with Crippen molar-refractivity contribution in [2.24, 2.45) is 0 Å². The van der Waals surface area contributed by atoms with E-state index in [0.29, 0.717) is 0 Å². The molecule has 0 aliphatic carbocycles. The van der Waals surface area contributed by atoms with Crippen molar-refractivity contribution in [3.05, 3.63) is 0 Å². The van der Waals surface area contributed by atoms with Crippen LogP contribution < -0.4 is 0 Å². The summed E-state index contributed by atoms with van der Waals surface area (Å²) in [5.41, 5.74) is 0. The summed E-state index contributed by atoms with van der Waals surface area (Å²) in [6.07, 6.45) is 0. The predicted molar refractivity (Wildman–Crippen MR) is 16.0 cm³/mol. The minimum atomic E-state index is 0. The van der Waals surface area contributed by atoms with Gasteiger partial charge in [0, 0.05) is 44.4 Å². The molecular formula is H4CaCdCuMg. The van der Waals surface area contributed by atoms with Crippen LogP contribution in [0.5, 0.6) is 0 Å². The van der Waals surface area contributed by atoms with Crippen LogP contribution in [0.3, 0.4) is 0 Å². The van der Waals surface area contributed by atoms with Crippen molar-refractivity contribution in [3.63, 3.8) is 0 Å². The molecular weight excluding hydrogens is 240 g/mol. The third kappa shape index (κ3) is 9.08. The molecule has 0 bridgehead atoms. The van der Waals surface area contributed by atoms with Gasteiger partial charge in [-0.25, -0.2) is 0 Å². The molecule has 0 fully saturated rings. The van der Waals surface area contributed by atoms with Crippen molar-refractivity contribution in [2.45, 2.75) is 0 Å². The van der Waals surface area contributed by atoms with Crippen molar-refractivity contribution in [3.8, 4) is 0 Å². The van der Waals surface area contributed by atoms with E-state index in [2.05, 4.69) is 0 Å². The fourth-order valence-electron chi connectivity index (χ4n) is 0. The second-order valence-electron chi connectivity index (χ2n) is 0. The normalized spacial score (nSPS) is 0. The first kappa shape index (κ1) is 26.0. The fraction of sp³-hybridized carbons (Fsp3) is 0. The maximum atomic E-state index is 0. The third-order valence-electron chi connectivity index (χ3n) is 0. The van der Waals surface area contributed by atoms with Crippen molar-refractivity contribution in [1.29, 1.82) is 0 Å². The van der Waals surface area contributed by atoms with E-state index in [1.54, 1.807) is 0 Å². The molecule has 0 aliphatic rings. The Morgan fingerprint density at radius 3 is 1.25 bits per heavy atom. The Labute approximate surface area is 109 Å². The summed E-state index contributed by atoms with van der Waals surface area (Å²) in [6, 6.07) is 0. The van der Waals surface area contributed by atoms with Crippen LogP contribution in [-0.4, -0.2) is 60.8 Å². The molecule has 0 aliphatic heterocycles. The van der Waals surface area contributed by atoms with Gasteiger partial charge in [0.2, 0.25) is 0 Å². The van der Waals surface area contributed by atoms with Crippen LogP contribution in [0.25, 0.3) is 0 Å². The molecule has 4 heavy (non-hydrogen) atoms. The van der Waals surface area contributed by atoms with Gasteiger partial charge in [-0.05, 0) is 0 Å². The van der Waals surface area contributed by atoms with Crippen LogP contribution in [-0.2, 0) is 44.4 Å². The van der Waals surface area contributed by atoms with Crippen LogP contribution in [0.1, 0.15) is 5.71 Å². The summed E-state index contributed by atoms with van der Waals surface area (Å²) < 4.78 is 0. The van der Waals surface area contributed by atoms with E-state index in [4.69, 9.17) is 0 Å². The van der Waals surface area contributed by atoms with Crippen molar-refractivity contribution >= 4 is 60.8 Å². The van der Waals surface area contributed by atoms with Crippen LogP contribution in [0, 0.1) is 0 Å². The van der Waals surface area contributed by atoms with E-state index in [-0.39, 0.29) is 111 Å². The van der Waals surface area contributed by atoms with Gasteiger partial charge in [-0.15, -0.1) is 0 Å². The third-order valence-corrected chi connectivity index (χ3v) is 0. The Balaban J connectivity index is 0. The summed E-state index contributed by atoms with van der Waals surface area (Å²) >= 11 is 0. The molecule has 0 N–H and O–H groups in total. The molecule has 0 aromatic heterocycles. The maximum Gasteiger partial charge on any atom is 2.00 e. The molecule has 0 saturated heterocycles. The quantitative estimate of drug-likeness (QED) is 0.513. The average Bonchev–Trinajstić information content (AvgIpc) is 0. The Morgan fingerprint density at radius 1 is 1.25 bits per heavy atom. The van der Waals surface area contributed by atoms with Crippen LogP contribution in [0.15, 0.2) is 0 Å². The summed E-state index contributed by atoms with van der Waals surface area (Å²) in [5.74, 6) is 0. The smallest absolute Gasteiger partial charge is 1.00 e.